The molecule has 0 radical (unpaired) electrons. The average Bonchev–Trinajstić information content (AvgIpc) is 2.72. The lowest BCUT2D eigenvalue weighted by molar-refractivity contribution is -0.0706. The van der Waals surface area contributed by atoms with Gasteiger partial charge in [0.2, 0.25) is 0 Å². The highest BCUT2D eigenvalue weighted by atomic mass is 16.5. The number of aryl methyl sites for hydroxylation is 2. The Morgan fingerprint density at radius 1 is 1.37 bits per heavy atom. The number of hydrogen-bond donors (Lipinski definition) is 1. The van der Waals surface area contributed by atoms with Crippen LogP contribution in [0, 0.1) is 6.92 Å². The van der Waals surface area contributed by atoms with Crippen molar-refractivity contribution in [3.63, 3.8) is 0 Å². The highest BCUT2D eigenvalue weighted by Crippen LogP contribution is 2.27. The molecule has 0 saturated heterocycles. The number of likely N-dealkylation sites (N-methyl/N-ethyl adjacent to an activating group) is 1. The van der Waals surface area contributed by atoms with E-state index < -0.39 is 0 Å². The molecule has 1 aromatic heterocycles. The molecular formula is C15H29N3O. The van der Waals surface area contributed by atoms with E-state index in [1.54, 1.807) is 0 Å². The first-order chi connectivity index (χ1) is 9.02. The van der Waals surface area contributed by atoms with Gasteiger partial charge >= 0.3 is 0 Å². The number of nitrogens with one attached hydrogen (secondary N) is 1. The second-order valence-electron chi connectivity index (χ2n) is 5.15. The van der Waals surface area contributed by atoms with Crippen LogP contribution < -0.4 is 5.32 Å². The van der Waals surface area contributed by atoms with Crippen molar-refractivity contribution in [2.24, 2.45) is 7.05 Å². The van der Waals surface area contributed by atoms with Crippen molar-refractivity contribution >= 4 is 0 Å². The Balaban J connectivity index is 2.94. The van der Waals surface area contributed by atoms with Crippen LogP contribution in [0.3, 0.4) is 0 Å². The molecule has 1 N–H and O–H groups in total. The van der Waals surface area contributed by atoms with Gasteiger partial charge in [-0.1, -0.05) is 13.8 Å². The molecule has 0 aliphatic carbocycles. The van der Waals surface area contributed by atoms with Crippen LogP contribution in [0.25, 0.3) is 0 Å². The van der Waals surface area contributed by atoms with E-state index >= 15 is 0 Å². The zero-order valence-electron chi connectivity index (χ0n) is 13.3. The van der Waals surface area contributed by atoms with Crippen LogP contribution in [0.4, 0.5) is 0 Å². The second kappa shape index (κ2) is 7.06. The van der Waals surface area contributed by atoms with Gasteiger partial charge in [-0.05, 0) is 39.8 Å². The zero-order chi connectivity index (χ0) is 14.5. The molecule has 0 fully saturated rings. The summed E-state index contributed by atoms with van der Waals surface area (Å²) < 4.78 is 8.08. The third kappa shape index (κ3) is 3.57. The van der Waals surface area contributed by atoms with Crippen molar-refractivity contribution in [2.75, 3.05) is 13.7 Å². The van der Waals surface area contributed by atoms with Crippen LogP contribution in [-0.2, 0) is 18.2 Å². The Hall–Kier alpha value is -0.870. The van der Waals surface area contributed by atoms with Crippen molar-refractivity contribution in [1.82, 2.24) is 15.1 Å². The maximum absolute atomic E-state index is 6.11. The predicted molar refractivity (Wildman–Crippen MR) is 79.4 cm³/mol. The molecule has 110 valence electrons. The normalized spacial score (nSPS) is 13.8. The SMILES string of the molecule is CCOC(CC)(CC)C(Cc1cc(C)nn1C)NC. The number of rotatable bonds is 8. The van der Waals surface area contributed by atoms with E-state index in [4.69, 9.17) is 4.74 Å². The molecule has 19 heavy (non-hydrogen) atoms. The van der Waals surface area contributed by atoms with E-state index in [9.17, 15) is 0 Å². The molecule has 1 atom stereocenters. The smallest absolute Gasteiger partial charge is 0.0833 e. The summed E-state index contributed by atoms with van der Waals surface area (Å²) in [5.74, 6) is 0. The first-order valence-electron chi connectivity index (χ1n) is 7.33. The zero-order valence-corrected chi connectivity index (χ0v) is 13.3. The van der Waals surface area contributed by atoms with Gasteiger partial charge in [-0.2, -0.15) is 5.10 Å². The van der Waals surface area contributed by atoms with E-state index in [2.05, 4.69) is 37.3 Å². The minimum absolute atomic E-state index is 0.0956. The molecular weight excluding hydrogens is 238 g/mol. The Bertz CT molecular complexity index is 383. The molecule has 4 nitrogen and oxygen atoms in total. The van der Waals surface area contributed by atoms with Gasteiger partial charge in [0.25, 0.3) is 0 Å². The first-order valence-corrected chi connectivity index (χ1v) is 7.33. The molecule has 0 spiro atoms. The molecule has 4 heteroatoms. The summed E-state index contributed by atoms with van der Waals surface area (Å²) in [5, 5.41) is 7.87. The summed E-state index contributed by atoms with van der Waals surface area (Å²) in [4.78, 5) is 0. The van der Waals surface area contributed by atoms with E-state index in [0.29, 0.717) is 6.04 Å². The van der Waals surface area contributed by atoms with Gasteiger partial charge in [0.05, 0.1) is 11.3 Å². The highest BCUT2D eigenvalue weighted by Gasteiger charge is 2.36. The van der Waals surface area contributed by atoms with Gasteiger partial charge in [-0.3, -0.25) is 4.68 Å². The van der Waals surface area contributed by atoms with Crippen molar-refractivity contribution < 1.29 is 4.74 Å². The molecule has 0 aliphatic rings. The average molecular weight is 267 g/mol. The highest BCUT2D eigenvalue weighted by molar-refractivity contribution is 5.12. The lowest BCUT2D eigenvalue weighted by atomic mass is 9.85. The van der Waals surface area contributed by atoms with Crippen LogP contribution in [-0.4, -0.2) is 35.1 Å². The molecule has 0 aliphatic heterocycles. The Kier molecular flexibility index (Phi) is 6.01. The minimum Gasteiger partial charge on any atom is -0.374 e. The van der Waals surface area contributed by atoms with Gasteiger partial charge in [-0.25, -0.2) is 0 Å². The molecule has 0 aromatic carbocycles. The summed E-state index contributed by atoms with van der Waals surface area (Å²) in [6, 6.07) is 2.46. The van der Waals surface area contributed by atoms with Crippen molar-refractivity contribution in [2.45, 2.75) is 58.6 Å². The minimum atomic E-state index is -0.0956. The second-order valence-corrected chi connectivity index (χ2v) is 5.15. The van der Waals surface area contributed by atoms with E-state index in [1.165, 1.54) is 5.69 Å². The molecule has 1 rings (SSSR count). The van der Waals surface area contributed by atoms with Crippen molar-refractivity contribution in [1.29, 1.82) is 0 Å². The maximum atomic E-state index is 6.11. The third-order valence-electron chi connectivity index (χ3n) is 4.12. The quantitative estimate of drug-likeness (QED) is 0.786. The van der Waals surface area contributed by atoms with Gasteiger partial charge in [-0.15, -0.1) is 0 Å². The standard InChI is InChI=1S/C15H29N3O/c1-7-15(8-2,19-9-3)14(16-5)11-13-10-12(4)17-18(13)6/h10,14,16H,7-9,11H2,1-6H3. The number of aromatic nitrogens is 2. The van der Waals surface area contributed by atoms with Crippen LogP contribution in [0.15, 0.2) is 6.07 Å². The Morgan fingerprint density at radius 2 is 2.00 bits per heavy atom. The fourth-order valence-corrected chi connectivity index (χ4v) is 2.95. The summed E-state index contributed by atoms with van der Waals surface area (Å²) in [6.45, 7) is 9.27. The van der Waals surface area contributed by atoms with E-state index in [0.717, 1.165) is 31.6 Å². The molecule has 0 amide bonds. The molecule has 1 unspecified atom stereocenters. The molecule has 0 bridgehead atoms. The fourth-order valence-electron chi connectivity index (χ4n) is 2.95. The first kappa shape index (κ1) is 16.2. The monoisotopic (exact) mass is 267 g/mol. The lowest BCUT2D eigenvalue weighted by Gasteiger charge is -2.39. The Morgan fingerprint density at radius 3 is 2.37 bits per heavy atom. The van der Waals surface area contributed by atoms with Crippen LogP contribution in [0.1, 0.15) is 45.0 Å². The number of ether oxygens (including phenoxy) is 1. The largest absolute Gasteiger partial charge is 0.374 e. The van der Waals surface area contributed by atoms with E-state index in [1.807, 2.05) is 25.7 Å². The topological polar surface area (TPSA) is 39.1 Å². The molecule has 1 aromatic rings. The van der Waals surface area contributed by atoms with E-state index in [-0.39, 0.29) is 5.60 Å². The third-order valence-corrected chi connectivity index (χ3v) is 4.12. The van der Waals surface area contributed by atoms with Crippen molar-refractivity contribution in [3.8, 4) is 0 Å². The summed E-state index contributed by atoms with van der Waals surface area (Å²) in [5.41, 5.74) is 2.23. The van der Waals surface area contributed by atoms with Gasteiger partial charge in [0.1, 0.15) is 0 Å². The summed E-state index contributed by atoms with van der Waals surface area (Å²) in [7, 11) is 4.03. The predicted octanol–water partition coefficient (Wildman–Crippen LogP) is 2.45. The van der Waals surface area contributed by atoms with Gasteiger partial charge in [0, 0.05) is 31.8 Å². The van der Waals surface area contributed by atoms with Gasteiger partial charge < -0.3 is 10.1 Å². The van der Waals surface area contributed by atoms with Crippen molar-refractivity contribution in [3.05, 3.63) is 17.5 Å². The van der Waals surface area contributed by atoms with Gasteiger partial charge in [0.15, 0.2) is 0 Å². The summed E-state index contributed by atoms with van der Waals surface area (Å²) >= 11 is 0. The van der Waals surface area contributed by atoms with Crippen LogP contribution in [0.2, 0.25) is 0 Å². The number of hydrogen-bond acceptors (Lipinski definition) is 3. The number of nitrogens with zero attached hydrogens (tertiary/aromatic N) is 2. The fraction of sp³-hybridized carbons (Fsp3) is 0.800. The van der Waals surface area contributed by atoms with Crippen LogP contribution >= 0.6 is 0 Å². The Labute approximate surface area is 117 Å². The molecule has 1 heterocycles. The lowest BCUT2D eigenvalue weighted by Crippen LogP contribution is -2.52. The summed E-state index contributed by atoms with van der Waals surface area (Å²) in [6.07, 6.45) is 2.97. The maximum Gasteiger partial charge on any atom is 0.0833 e. The molecule has 0 saturated carbocycles. The van der Waals surface area contributed by atoms with Crippen LogP contribution in [0.5, 0.6) is 0 Å².